The number of rotatable bonds is 3. The lowest BCUT2D eigenvalue weighted by molar-refractivity contribution is -0.140. The van der Waals surface area contributed by atoms with Crippen molar-refractivity contribution in [3.05, 3.63) is 18.2 Å². The van der Waals surface area contributed by atoms with E-state index < -0.39 is 12.0 Å². The number of nitrogens with zero attached hydrogens (tertiary/aromatic N) is 3. The Morgan fingerprint density at radius 3 is 2.79 bits per heavy atom. The van der Waals surface area contributed by atoms with E-state index in [0.717, 1.165) is 5.82 Å². The zero-order valence-electron chi connectivity index (χ0n) is 11.0. The fraction of sp³-hybridized carbons (Fsp3) is 0.583. The monoisotopic (exact) mass is 266 g/mol. The van der Waals surface area contributed by atoms with E-state index in [0.29, 0.717) is 19.6 Å². The van der Waals surface area contributed by atoms with Crippen LogP contribution in [0.1, 0.15) is 19.7 Å². The first-order valence-electron chi connectivity index (χ1n) is 6.27. The van der Waals surface area contributed by atoms with Crippen LogP contribution in [0.3, 0.4) is 0 Å². The van der Waals surface area contributed by atoms with Gasteiger partial charge in [-0.2, -0.15) is 0 Å². The van der Waals surface area contributed by atoms with Gasteiger partial charge in [-0.25, -0.2) is 14.6 Å². The zero-order chi connectivity index (χ0) is 14.0. The molecule has 0 bridgehead atoms. The largest absolute Gasteiger partial charge is 0.480 e. The van der Waals surface area contributed by atoms with Gasteiger partial charge < -0.3 is 19.9 Å². The molecular weight excluding hydrogens is 248 g/mol. The third-order valence-corrected chi connectivity index (χ3v) is 3.24. The molecule has 1 atom stereocenters. The van der Waals surface area contributed by atoms with Crippen LogP contribution in [-0.4, -0.2) is 44.1 Å². The minimum absolute atomic E-state index is 0.159. The maximum absolute atomic E-state index is 12.1. The lowest BCUT2D eigenvalue weighted by atomic mass is 10.1. The Kier molecular flexibility index (Phi) is 3.73. The smallest absolute Gasteiger partial charge is 0.326 e. The fourth-order valence-corrected chi connectivity index (χ4v) is 2.08. The molecule has 0 spiro atoms. The first-order chi connectivity index (χ1) is 8.99. The predicted octanol–water partition coefficient (Wildman–Crippen LogP) is 0.517. The molecule has 2 N–H and O–H groups in total. The summed E-state index contributed by atoms with van der Waals surface area (Å²) in [6, 6.07) is -1.22. The molecule has 1 unspecified atom stereocenters. The van der Waals surface area contributed by atoms with Crippen molar-refractivity contribution >= 4 is 12.0 Å². The van der Waals surface area contributed by atoms with Gasteiger partial charge in [0, 0.05) is 25.5 Å². The quantitative estimate of drug-likeness (QED) is 0.834. The minimum atomic E-state index is -1.01. The van der Waals surface area contributed by atoms with Gasteiger partial charge in [-0.15, -0.1) is 0 Å². The van der Waals surface area contributed by atoms with E-state index in [1.165, 1.54) is 0 Å². The highest BCUT2D eigenvalue weighted by atomic mass is 16.4. The van der Waals surface area contributed by atoms with E-state index in [1.54, 1.807) is 24.9 Å². The highest BCUT2D eigenvalue weighted by molar-refractivity contribution is 5.82. The summed E-state index contributed by atoms with van der Waals surface area (Å²) in [4.78, 5) is 28.9. The number of carboxylic acid groups (broad SMARTS) is 1. The number of urea groups is 1. The van der Waals surface area contributed by atoms with E-state index in [1.807, 2.05) is 10.8 Å². The van der Waals surface area contributed by atoms with E-state index >= 15 is 0 Å². The molecule has 2 rings (SSSR count). The van der Waals surface area contributed by atoms with Gasteiger partial charge in [-0.1, -0.05) is 13.8 Å². The van der Waals surface area contributed by atoms with Gasteiger partial charge in [0.25, 0.3) is 0 Å². The Labute approximate surface area is 111 Å². The second-order valence-electron chi connectivity index (χ2n) is 4.97. The van der Waals surface area contributed by atoms with Crippen molar-refractivity contribution in [2.75, 3.05) is 6.54 Å². The number of carbonyl (C=O) groups is 2. The summed E-state index contributed by atoms with van der Waals surface area (Å²) in [6.45, 7) is 5.18. The average Bonchev–Trinajstić information content (AvgIpc) is 2.81. The van der Waals surface area contributed by atoms with Crippen molar-refractivity contribution in [2.24, 2.45) is 5.92 Å². The SMILES string of the molecule is CC(C)C(NC(=O)N1CCn2ccnc2C1)C(=O)O. The second-order valence-corrected chi connectivity index (χ2v) is 4.97. The van der Waals surface area contributed by atoms with Crippen molar-refractivity contribution in [2.45, 2.75) is 33.0 Å². The molecule has 0 saturated carbocycles. The molecule has 1 aromatic heterocycles. The topological polar surface area (TPSA) is 87.5 Å². The number of amides is 2. The average molecular weight is 266 g/mol. The number of aromatic nitrogens is 2. The maximum Gasteiger partial charge on any atom is 0.326 e. The molecular formula is C12H18N4O3. The van der Waals surface area contributed by atoms with Crippen LogP contribution >= 0.6 is 0 Å². The molecule has 19 heavy (non-hydrogen) atoms. The van der Waals surface area contributed by atoms with Crippen LogP contribution in [0.15, 0.2) is 12.4 Å². The molecule has 1 aliphatic rings. The number of aliphatic carboxylic acids is 1. The zero-order valence-corrected chi connectivity index (χ0v) is 11.0. The minimum Gasteiger partial charge on any atom is -0.480 e. The van der Waals surface area contributed by atoms with Crippen LogP contribution in [0.25, 0.3) is 0 Å². The lowest BCUT2D eigenvalue weighted by Crippen LogP contribution is -2.51. The number of carbonyl (C=O) groups excluding carboxylic acids is 1. The molecule has 1 aromatic rings. The van der Waals surface area contributed by atoms with Gasteiger partial charge in [0.15, 0.2) is 0 Å². The highest BCUT2D eigenvalue weighted by Gasteiger charge is 2.27. The Bertz CT molecular complexity index is 483. The first kappa shape index (κ1) is 13.4. The van der Waals surface area contributed by atoms with Crippen molar-refractivity contribution in [3.63, 3.8) is 0 Å². The number of nitrogens with one attached hydrogen (secondary N) is 1. The highest BCUT2D eigenvalue weighted by Crippen LogP contribution is 2.11. The summed E-state index contributed by atoms with van der Waals surface area (Å²) >= 11 is 0. The molecule has 2 heterocycles. The van der Waals surface area contributed by atoms with Crippen LogP contribution in [0, 0.1) is 5.92 Å². The van der Waals surface area contributed by atoms with Gasteiger partial charge in [0.2, 0.25) is 0 Å². The number of fused-ring (bicyclic) bond motifs is 1. The Hall–Kier alpha value is -2.05. The summed E-state index contributed by atoms with van der Waals surface area (Å²) < 4.78 is 1.99. The molecule has 7 nitrogen and oxygen atoms in total. The van der Waals surface area contributed by atoms with E-state index in [9.17, 15) is 9.59 Å². The third kappa shape index (κ3) is 2.86. The van der Waals surface area contributed by atoms with E-state index in [2.05, 4.69) is 10.3 Å². The molecule has 0 saturated heterocycles. The lowest BCUT2D eigenvalue weighted by Gasteiger charge is -2.29. The van der Waals surface area contributed by atoms with Gasteiger partial charge >= 0.3 is 12.0 Å². The molecule has 0 aromatic carbocycles. The summed E-state index contributed by atoms with van der Waals surface area (Å²) in [7, 11) is 0. The van der Waals surface area contributed by atoms with Gasteiger partial charge in [-0.05, 0) is 5.92 Å². The molecule has 0 radical (unpaired) electrons. The van der Waals surface area contributed by atoms with Gasteiger partial charge in [0.1, 0.15) is 11.9 Å². The molecule has 0 fully saturated rings. The third-order valence-electron chi connectivity index (χ3n) is 3.24. The van der Waals surface area contributed by atoms with Crippen LogP contribution in [-0.2, 0) is 17.9 Å². The van der Waals surface area contributed by atoms with E-state index in [4.69, 9.17) is 5.11 Å². The Morgan fingerprint density at radius 1 is 1.42 bits per heavy atom. The van der Waals surface area contributed by atoms with Gasteiger partial charge in [-0.3, -0.25) is 0 Å². The molecule has 2 amide bonds. The van der Waals surface area contributed by atoms with Gasteiger partial charge in [0.05, 0.1) is 6.54 Å². The summed E-state index contributed by atoms with van der Waals surface area (Å²) in [5.74, 6) is -0.354. The van der Waals surface area contributed by atoms with Crippen molar-refractivity contribution in [3.8, 4) is 0 Å². The number of hydrogen-bond acceptors (Lipinski definition) is 3. The van der Waals surface area contributed by atoms with Crippen molar-refractivity contribution in [1.82, 2.24) is 19.8 Å². The molecule has 1 aliphatic heterocycles. The normalized spacial score (nSPS) is 16.1. The van der Waals surface area contributed by atoms with E-state index in [-0.39, 0.29) is 11.9 Å². The molecule has 7 heteroatoms. The summed E-state index contributed by atoms with van der Waals surface area (Å²) in [5.41, 5.74) is 0. The van der Waals surface area contributed by atoms with Crippen LogP contribution in [0.2, 0.25) is 0 Å². The fourth-order valence-electron chi connectivity index (χ4n) is 2.08. The first-order valence-corrected chi connectivity index (χ1v) is 6.27. The number of carboxylic acids is 1. The standard InChI is InChI=1S/C12H18N4O3/c1-8(2)10(11(17)18)14-12(19)16-6-5-15-4-3-13-9(15)7-16/h3-4,8,10H,5-7H2,1-2H3,(H,14,19)(H,17,18). The Morgan fingerprint density at radius 2 is 2.16 bits per heavy atom. The Balaban J connectivity index is 2.00. The number of hydrogen-bond donors (Lipinski definition) is 2. The predicted molar refractivity (Wildman–Crippen MR) is 67.4 cm³/mol. The maximum atomic E-state index is 12.1. The van der Waals surface area contributed by atoms with Crippen molar-refractivity contribution < 1.29 is 14.7 Å². The summed E-state index contributed by atoms with van der Waals surface area (Å²) in [5, 5.41) is 11.6. The molecule has 104 valence electrons. The number of imidazole rings is 1. The van der Waals surface area contributed by atoms with Crippen LogP contribution in [0.4, 0.5) is 4.79 Å². The van der Waals surface area contributed by atoms with Crippen LogP contribution in [0.5, 0.6) is 0 Å². The van der Waals surface area contributed by atoms with Crippen molar-refractivity contribution in [1.29, 1.82) is 0 Å². The van der Waals surface area contributed by atoms with Crippen LogP contribution < -0.4 is 5.32 Å². The molecule has 0 aliphatic carbocycles. The second kappa shape index (κ2) is 5.29. The summed E-state index contributed by atoms with van der Waals surface area (Å²) in [6.07, 6.45) is 3.57.